The predicted octanol–water partition coefficient (Wildman–Crippen LogP) is 5.42. The summed E-state index contributed by atoms with van der Waals surface area (Å²) in [6.07, 6.45) is 0. The van der Waals surface area contributed by atoms with Crippen molar-refractivity contribution < 1.29 is 23.0 Å². The number of hydrogen-bond donors (Lipinski definition) is 1. The maximum absolute atomic E-state index is 12.7. The zero-order valence-electron chi connectivity index (χ0n) is 18.1. The van der Waals surface area contributed by atoms with E-state index < -0.39 is 6.61 Å². The number of benzene rings is 3. The van der Waals surface area contributed by atoms with Gasteiger partial charge in [0.15, 0.2) is 11.5 Å². The van der Waals surface area contributed by atoms with E-state index in [1.54, 1.807) is 19.1 Å². The molecule has 3 rings (SSSR count). The number of ether oxygens (including phenoxy) is 2. The number of alkyl halides is 2. The Bertz CT molecular complexity index is 1030. The molecule has 0 fully saturated rings. The van der Waals surface area contributed by atoms with E-state index in [-0.39, 0.29) is 24.0 Å². The Balaban J connectivity index is 1.64. The molecule has 32 heavy (non-hydrogen) atoms. The van der Waals surface area contributed by atoms with Crippen molar-refractivity contribution in [3.63, 3.8) is 0 Å². The number of nitrogens with zero attached hydrogens (tertiary/aromatic N) is 1. The van der Waals surface area contributed by atoms with Crippen LogP contribution in [0.5, 0.6) is 11.5 Å². The molecule has 0 aliphatic rings. The summed E-state index contributed by atoms with van der Waals surface area (Å²) in [5.41, 5.74) is 3.52. The summed E-state index contributed by atoms with van der Waals surface area (Å²) in [6.45, 7) is -0.249. The van der Waals surface area contributed by atoms with Gasteiger partial charge in [0.25, 0.3) is 0 Å². The minimum absolute atomic E-state index is 0.0106. The lowest BCUT2D eigenvalue weighted by molar-refractivity contribution is -0.117. The molecule has 1 amide bonds. The Morgan fingerprint density at radius 1 is 1.00 bits per heavy atom. The van der Waals surface area contributed by atoms with E-state index in [0.29, 0.717) is 13.2 Å². The molecule has 1 N–H and O–H groups in total. The first-order valence-corrected chi connectivity index (χ1v) is 10.3. The number of para-hydroxylation sites is 1. The van der Waals surface area contributed by atoms with Gasteiger partial charge in [-0.05, 0) is 43.3 Å². The molecule has 5 nitrogen and oxygen atoms in total. The average molecular weight is 440 g/mol. The van der Waals surface area contributed by atoms with Crippen LogP contribution < -0.4 is 14.8 Å². The fraction of sp³-hybridized carbons (Fsp3) is 0.240. The third-order valence-corrected chi connectivity index (χ3v) is 4.68. The summed E-state index contributed by atoms with van der Waals surface area (Å²) in [6, 6.07) is 22.3. The number of hydrogen-bond acceptors (Lipinski definition) is 4. The van der Waals surface area contributed by atoms with Gasteiger partial charge < -0.3 is 14.8 Å². The summed E-state index contributed by atoms with van der Waals surface area (Å²) >= 11 is 0. The van der Waals surface area contributed by atoms with Crippen LogP contribution in [0.4, 0.5) is 14.5 Å². The molecule has 0 radical (unpaired) electrons. The first-order valence-electron chi connectivity index (χ1n) is 10.3. The lowest BCUT2D eigenvalue weighted by Gasteiger charge is -2.19. The number of amides is 1. The minimum atomic E-state index is -2.93. The predicted molar refractivity (Wildman–Crippen MR) is 121 cm³/mol. The van der Waals surface area contributed by atoms with Crippen LogP contribution in [0.1, 0.15) is 12.5 Å². The Kier molecular flexibility index (Phi) is 8.16. The number of likely N-dealkylation sites (N-methyl/N-ethyl adjacent to an activating group) is 1. The summed E-state index contributed by atoms with van der Waals surface area (Å²) in [5, 5.41) is 2.98. The molecular formula is C25H26F2N2O3. The topological polar surface area (TPSA) is 50.8 Å². The van der Waals surface area contributed by atoms with Crippen LogP contribution >= 0.6 is 0 Å². The molecule has 0 saturated heterocycles. The molecule has 0 aromatic heterocycles. The standard InChI is InChI=1S/C25H26F2N2O3/c1-3-31-23-15-18(13-14-22(23)32-25(26)27)16-29(2)17-24(30)28-21-12-8-7-11-20(21)19-9-5-4-6-10-19/h4-15,25H,3,16-17H2,1-2H3,(H,28,30). The first-order chi connectivity index (χ1) is 15.5. The fourth-order valence-corrected chi connectivity index (χ4v) is 3.38. The second-order valence-corrected chi connectivity index (χ2v) is 7.22. The van der Waals surface area contributed by atoms with E-state index in [1.807, 2.05) is 66.5 Å². The van der Waals surface area contributed by atoms with Crippen LogP contribution in [0.15, 0.2) is 72.8 Å². The monoisotopic (exact) mass is 440 g/mol. The van der Waals surface area contributed by atoms with E-state index in [9.17, 15) is 13.6 Å². The quantitative estimate of drug-likeness (QED) is 0.457. The highest BCUT2D eigenvalue weighted by atomic mass is 19.3. The highest BCUT2D eigenvalue weighted by Crippen LogP contribution is 2.30. The van der Waals surface area contributed by atoms with Crippen molar-refractivity contribution in [2.75, 3.05) is 25.5 Å². The highest BCUT2D eigenvalue weighted by molar-refractivity contribution is 5.96. The second-order valence-electron chi connectivity index (χ2n) is 7.22. The molecule has 0 atom stereocenters. The van der Waals surface area contributed by atoms with Crippen molar-refractivity contribution >= 4 is 11.6 Å². The Morgan fingerprint density at radius 2 is 1.72 bits per heavy atom. The average Bonchev–Trinajstić information content (AvgIpc) is 2.76. The smallest absolute Gasteiger partial charge is 0.387 e. The van der Waals surface area contributed by atoms with Crippen molar-refractivity contribution in [2.45, 2.75) is 20.1 Å². The van der Waals surface area contributed by atoms with Gasteiger partial charge in [0.1, 0.15) is 0 Å². The van der Waals surface area contributed by atoms with E-state index in [0.717, 1.165) is 22.4 Å². The molecule has 0 aliphatic carbocycles. The molecule has 7 heteroatoms. The van der Waals surface area contributed by atoms with E-state index in [4.69, 9.17) is 4.74 Å². The van der Waals surface area contributed by atoms with Crippen LogP contribution in [0, 0.1) is 0 Å². The number of carbonyl (C=O) groups excluding carboxylic acids is 1. The van der Waals surface area contributed by atoms with Gasteiger partial charge in [-0.15, -0.1) is 0 Å². The van der Waals surface area contributed by atoms with Crippen molar-refractivity contribution in [3.8, 4) is 22.6 Å². The van der Waals surface area contributed by atoms with Gasteiger partial charge in [-0.2, -0.15) is 8.78 Å². The summed E-state index contributed by atoms with van der Waals surface area (Å²) in [7, 11) is 1.81. The number of carbonyl (C=O) groups is 1. The SMILES string of the molecule is CCOc1cc(CN(C)CC(=O)Nc2ccccc2-c2ccccc2)ccc1OC(F)F. The van der Waals surface area contributed by atoms with Gasteiger partial charge in [-0.3, -0.25) is 9.69 Å². The third kappa shape index (κ3) is 6.52. The van der Waals surface area contributed by atoms with Gasteiger partial charge in [0, 0.05) is 17.8 Å². The van der Waals surface area contributed by atoms with Crippen LogP contribution in [-0.2, 0) is 11.3 Å². The molecule has 0 spiro atoms. The lowest BCUT2D eigenvalue weighted by Crippen LogP contribution is -2.30. The normalized spacial score (nSPS) is 10.9. The number of anilines is 1. The zero-order chi connectivity index (χ0) is 22.9. The summed E-state index contributed by atoms with van der Waals surface area (Å²) < 4.78 is 35.1. The summed E-state index contributed by atoms with van der Waals surface area (Å²) in [5.74, 6) is 0.0852. The largest absolute Gasteiger partial charge is 0.490 e. The van der Waals surface area contributed by atoms with Crippen molar-refractivity contribution in [1.29, 1.82) is 0 Å². The van der Waals surface area contributed by atoms with Crippen LogP contribution in [0.2, 0.25) is 0 Å². The van der Waals surface area contributed by atoms with Crippen LogP contribution in [-0.4, -0.2) is 37.6 Å². The molecule has 0 aliphatic heterocycles. The first kappa shape index (κ1) is 23.2. The fourth-order valence-electron chi connectivity index (χ4n) is 3.38. The molecule has 168 valence electrons. The lowest BCUT2D eigenvalue weighted by atomic mass is 10.0. The maximum Gasteiger partial charge on any atom is 0.387 e. The van der Waals surface area contributed by atoms with E-state index in [2.05, 4.69) is 10.1 Å². The van der Waals surface area contributed by atoms with Crippen LogP contribution in [0.3, 0.4) is 0 Å². The molecule has 3 aromatic rings. The zero-order valence-corrected chi connectivity index (χ0v) is 18.1. The van der Waals surface area contributed by atoms with Crippen molar-refractivity contribution in [3.05, 3.63) is 78.4 Å². The maximum atomic E-state index is 12.7. The van der Waals surface area contributed by atoms with Gasteiger partial charge >= 0.3 is 6.61 Å². The molecule has 0 bridgehead atoms. The Labute approximate surface area is 186 Å². The highest BCUT2D eigenvalue weighted by Gasteiger charge is 2.14. The third-order valence-electron chi connectivity index (χ3n) is 4.68. The molecule has 0 saturated carbocycles. The van der Waals surface area contributed by atoms with Gasteiger partial charge in [-0.25, -0.2) is 0 Å². The summed E-state index contributed by atoms with van der Waals surface area (Å²) in [4.78, 5) is 14.5. The number of rotatable bonds is 10. The number of nitrogens with one attached hydrogen (secondary N) is 1. The molecular weight excluding hydrogens is 414 g/mol. The van der Waals surface area contributed by atoms with Crippen molar-refractivity contribution in [2.24, 2.45) is 0 Å². The van der Waals surface area contributed by atoms with Gasteiger partial charge in [0.05, 0.1) is 13.2 Å². The molecule has 0 heterocycles. The minimum Gasteiger partial charge on any atom is -0.490 e. The Hall–Kier alpha value is -3.45. The van der Waals surface area contributed by atoms with Crippen molar-refractivity contribution in [1.82, 2.24) is 4.90 Å². The number of halogens is 2. The van der Waals surface area contributed by atoms with E-state index in [1.165, 1.54) is 6.07 Å². The second kappa shape index (κ2) is 11.2. The van der Waals surface area contributed by atoms with Gasteiger partial charge in [-0.1, -0.05) is 54.6 Å². The Morgan fingerprint density at radius 3 is 2.44 bits per heavy atom. The van der Waals surface area contributed by atoms with Crippen LogP contribution in [0.25, 0.3) is 11.1 Å². The van der Waals surface area contributed by atoms with Gasteiger partial charge in [0.2, 0.25) is 5.91 Å². The molecule has 0 unspecified atom stereocenters. The van der Waals surface area contributed by atoms with E-state index >= 15 is 0 Å². The molecule has 3 aromatic carbocycles.